The minimum absolute atomic E-state index is 0.0337. The fraction of sp³-hybridized carbons (Fsp3) is 0.564. The van der Waals surface area contributed by atoms with Gasteiger partial charge >= 0.3 is 0 Å². The van der Waals surface area contributed by atoms with Gasteiger partial charge in [0.1, 0.15) is 35.0 Å². The molecule has 0 aliphatic rings. The third-order valence-electron chi connectivity index (χ3n) is 9.65. The van der Waals surface area contributed by atoms with Gasteiger partial charge in [-0.15, -0.1) is 0 Å². The van der Waals surface area contributed by atoms with E-state index in [2.05, 4.69) is 51.5 Å². The van der Waals surface area contributed by atoms with Crippen molar-refractivity contribution in [2.24, 2.45) is 22.2 Å². The van der Waals surface area contributed by atoms with Crippen molar-refractivity contribution in [1.82, 2.24) is 20.2 Å². The Morgan fingerprint density at radius 1 is 0.855 bits per heavy atom. The van der Waals surface area contributed by atoms with Crippen LogP contribution in [0.1, 0.15) is 85.6 Å². The zero-order chi connectivity index (χ0) is 40.3. The molecule has 5 atom stereocenters. The molecule has 15 nitrogen and oxygen atoms in total. The number of aliphatic imine (C=N–C) groups is 1. The summed E-state index contributed by atoms with van der Waals surface area (Å²) in [6, 6.07) is 11.8. The number of aryl methyl sites for hydroxylation is 2. The van der Waals surface area contributed by atoms with E-state index in [9.17, 15) is 30.0 Å². The number of nitrogens with two attached hydrogens (primary N) is 3. The van der Waals surface area contributed by atoms with Gasteiger partial charge in [0.05, 0.1) is 24.9 Å². The Kier molecular flexibility index (Phi) is 19.9. The zero-order valence-corrected chi connectivity index (χ0v) is 32.4. The van der Waals surface area contributed by atoms with E-state index in [1.165, 1.54) is 11.8 Å². The number of carbonyl (C=O) groups excluding carboxylic acids is 2. The number of benzene rings is 2. The van der Waals surface area contributed by atoms with Gasteiger partial charge in [-0.25, -0.2) is 9.97 Å². The van der Waals surface area contributed by atoms with Gasteiger partial charge < -0.3 is 53.0 Å². The molecule has 0 bridgehead atoms. The highest BCUT2D eigenvalue weighted by molar-refractivity contribution is 6.29. The lowest BCUT2D eigenvalue weighted by Gasteiger charge is -2.30. The first-order valence-corrected chi connectivity index (χ1v) is 19.5. The SMILES string of the molecule is CCCCCCN(CCCN[C@@H](CCc1ccc(CCCCN=C(N)c2ncc(Cl)nc2C(N)=O)c2ccccc12)C(N)=O)C[C@H](O)[C@@H](O)[C@H](O)[C@H](O)CO. The molecule has 304 valence electrons. The molecule has 0 saturated carbocycles. The summed E-state index contributed by atoms with van der Waals surface area (Å²) >= 11 is 5.84. The Morgan fingerprint density at radius 2 is 1.51 bits per heavy atom. The monoisotopic (exact) mass is 786 g/mol. The zero-order valence-electron chi connectivity index (χ0n) is 31.7. The highest BCUT2D eigenvalue weighted by atomic mass is 35.5. The summed E-state index contributed by atoms with van der Waals surface area (Å²) < 4.78 is 0. The van der Waals surface area contributed by atoms with Crippen LogP contribution in [0.25, 0.3) is 10.8 Å². The van der Waals surface area contributed by atoms with Crippen molar-refractivity contribution >= 4 is 40.0 Å². The van der Waals surface area contributed by atoms with E-state index < -0.39 is 48.9 Å². The largest absolute Gasteiger partial charge is 0.394 e. The maximum absolute atomic E-state index is 12.5. The third-order valence-corrected chi connectivity index (χ3v) is 9.83. The molecular weight excluding hydrogens is 728 g/mol. The molecule has 3 rings (SSSR count). The van der Waals surface area contributed by atoms with Gasteiger partial charge in [0.2, 0.25) is 5.91 Å². The predicted molar refractivity (Wildman–Crippen MR) is 214 cm³/mol. The third kappa shape index (κ3) is 14.7. The van der Waals surface area contributed by atoms with Gasteiger partial charge in [-0.1, -0.05) is 74.2 Å². The van der Waals surface area contributed by atoms with Gasteiger partial charge in [-0.2, -0.15) is 0 Å². The molecule has 0 unspecified atom stereocenters. The molecule has 1 heterocycles. The standard InChI is InChI=1S/C39H59ClN8O7/c1-2-3-4-9-20-48(23-30(50)35(52)36(53)31(51)24-49)21-10-19-44-29(38(42)54)17-16-26-15-14-25(27-12-5-6-13-28(26)27)11-7-8-18-45-37(41)33-34(39(43)55)47-32(40)22-46-33/h5-6,12-15,22,29-31,35-36,44,49-53H,2-4,7-11,16-21,23-24H2,1H3,(H2,41,45)(H2,42,54)(H2,43,55)/t29-,30-,31+,35+,36+/m0/s1. The van der Waals surface area contributed by atoms with E-state index in [1.807, 2.05) is 17.0 Å². The lowest BCUT2D eigenvalue weighted by molar-refractivity contribution is -0.120. The van der Waals surface area contributed by atoms with E-state index in [4.69, 9.17) is 33.9 Å². The first kappa shape index (κ1) is 45.6. The molecular formula is C39H59ClN8O7. The number of amides is 2. The molecule has 2 aromatic carbocycles. The number of amidine groups is 1. The highest BCUT2D eigenvalue weighted by Crippen LogP contribution is 2.26. The number of hydrogen-bond donors (Lipinski definition) is 9. The van der Waals surface area contributed by atoms with Crippen LogP contribution in [0.5, 0.6) is 0 Å². The van der Waals surface area contributed by atoms with E-state index in [0.717, 1.165) is 61.3 Å². The number of nitrogens with zero attached hydrogens (tertiary/aromatic N) is 4. The van der Waals surface area contributed by atoms with E-state index >= 15 is 0 Å². The van der Waals surface area contributed by atoms with Crippen LogP contribution < -0.4 is 22.5 Å². The molecule has 0 radical (unpaired) electrons. The second-order valence-corrected chi connectivity index (χ2v) is 14.3. The number of unbranched alkanes of at least 4 members (excludes halogenated alkanes) is 4. The van der Waals surface area contributed by atoms with Gasteiger partial charge in [-0.3, -0.25) is 14.6 Å². The quantitative estimate of drug-likeness (QED) is 0.0300. The van der Waals surface area contributed by atoms with Crippen molar-refractivity contribution in [3.63, 3.8) is 0 Å². The summed E-state index contributed by atoms with van der Waals surface area (Å²) in [6.45, 7) is 3.62. The highest BCUT2D eigenvalue weighted by Gasteiger charge is 2.31. The minimum atomic E-state index is -1.68. The van der Waals surface area contributed by atoms with Crippen LogP contribution in [0.15, 0.2) is 47.6 Å². The summed E-state index contributed by atoms with van der Waals surface area (Å²) in [6.07, 6.45) is 3.34. The van der Waals surface area contributed by atoms with Crippen molar-refractivity contribution in [2.75, 3.05) is 39.3 Å². The van der Waals surface area contributed by atoms with Crippen LogP contribution in [0.2, 0.25) is 5.15 Å². The molecule has 0 aliphatic carbocycles. The van der Waals surface area contributed by atoms with E-state index in [0.29, 0.717) is 45.4 Å². The molecule has 3 aromatic rings. The van der Waals surface area contributed by atoms with E-state index in [1.54, 1.807) is 0 Å². The Bertz CT molecular complexity index is 1680. The van der Waals surface area contributed by atoms with Gasteiger partial charge in [0.25, 0.3) is 5.91 Å². The Morgan fingerprint density at radius 3 is 2.15 bits per heavy atom. The Balaban J connectivity index is 1.54. The van der Waals surface area contributed by atoms with Crippen LogP contribution in [0, 0.1) is 0 Å². The number of primary amides is 2. The summed E-state index contributed by atoms with van der Waals surface area (Å²) in [5.41, 5.74) is 19.6. The average molecular weight is 787 g/mol. The van der Waals surface area contributed by atoms with Crippen molar-refractivity contribution < 1.29 is 35.1 Å². The molecule has 0 aliphatic heterocycles. The lowest BCUT2D eigenvalue weighted by atomic mass is 9.93. The number of fused-ring (bicyclic) bond motifs is 1. The molecule has 55 heavy (non-hydrogen) atoms. The second kappa shape index (κ2) is 24.0. The van der Waals surface area contributed by atoms with Crippen LogP contribution >= 0.6 is 11.6 Å². The summed E-state index contributed by atoms with van der Waals surface area (Å²) in [5, 5.41) is 55.4. The summed E-state index contributed by atoms with van der Waals surface area (Å²) in [7, 11) is 0. The van der Waals surface area contributed by atoms with Crippen LogP contribution in [-0.4, -0.2) is 128 Å². The normalized spacial score (nSPS) is 14.9. The molecule has 1 aromatic heterocycles. The molecule has 0 spiro atoms. The molecule has 16 heteroatoms. The number of hydrogen-bond acceptors (Lipinski definition) is 12. The average Bonchev–Trinajstić information content (AvgIpc) is 3.17. The second-order valence-electron chi connectivity index (χ2n) is 13.9. The van der Waals surface area contributed by atoms with Crippen molar-refractivity contribution in [1.29, 1.82) is 0 Å². The number of rotatable bonds is 27. The maximum atomic E-state index is 12.5. The number of aliphatic hydroxyl groups excluding tert-OH is 5. The maximum Gasteiger partial charge on any atom is 0.269 e. The van der Waals surface area contributed by atoms with Gasteiger partial charge in [-0.05, 0) is 86.5 Å². The molecule has 12 N–H and O–H groups in total. The lowest BCUT2D eigenvalue weighted by Crippen LogP contribution is -2.50. The smallest absolute Gasteiger partial charge is 0.269 e. The number of carbonyl (C=O) groups is 2. The van der Waals surface area contributed by atoms with Gasteiger partial charge in [0.15, 0.2) is 5.69 Å². The number of aliphatic hydroxyl groups is 5. The van der Waals surface area contributed by atoms with Gasteiger partial charge in [0, 0.05) is 13.1 Å². The Labute approximate surface area is 328 Å². The first-order chi connectivity index (χ1) is 26.4. The summed E-state index contributed by atoms with van der Waals surface area (Å²) in [5.74, 6) is -1.16. The summed E-state index contributed by atoms with van der Waals surface area (Å²) in [4.78, 5) is 38.5. The fourth-order valence-corrected chi connectivity index (χ4v) is 6.64. The first-order valence-electron chi connectivity index (χ1n) is 19.1. The minimum Gasteiger partial charge on any atom is -0.394 e. The number of halogens is 1. The number of nitrogens with one attached hydrogen (secondary N) is 1. The van der Waals surface area contributed by atoms with Crippen LogP contribution in [-0.2, 0) is 17.6 Å². The molecule has 0 fully saturated rings. The topological polar surface area (TPSA) is 267 Å². The van der Waals surface area contributed by atoms with Crippen molar-refractivity contribution in [3.05, 3.63) is 70.3 Å². The van der Waals surface area contributed by atoms with Crippen LogP contribution in [0.4, 0.5) is 0 Å². The van der Waals surface area contributed by atoms with Crippen LogP contribution in [0.3, 0.4) is 0 Å². The molecule has 2 amide bonds. The fourth-order valence-electron chi connectivity index (χ4n) is 6.50. The van der Waals surface area contributed by atoms with Crippen molar-refractivity contribution in [3.8, 4) is 0 Å². The van der Waals surface area contributed by atoms with E-state index in [-0.39, 0.29) is 28.9 Å². The van der Waals surface area contributed by atoms with Crippen molar-refractivity contribution in [2.45, 2.75) is 102 Å². The predicted octanol–water partition coefficient (Wildman–Crippen LogP) is 1.19. The number of aromatic nitrogens is 2. The Hall–Kier alpha value is -3.80. The molecule has 0 saturated heterocycles.